The largest absolute Gasteiger partial charge is 0.493 e. The third kappa shape index (κ3) is 4.18. The van der Waals surface area contributed by atoms with E-state index in [0.29, 0.717) is 29.6 Å². The molecule has 2 heterocycles. The zero-order chi connectivity index (χ0) is 22.0. The van der Waals surface area contributed by atoms with E-state index in [-0.39, 0.29) is 5.91 Å². The van der Waals surface area contributed by atoms with Crippen molar-refractivity contribution in [2.24, 2.45) is 0 Å². The molecule has 0 aliphatic carbocycles. The minimum absolute atomic E-state index is 0.230. The maximum atomic E-state index is 13.5. The number of fused-ring (bicyclic) bond motifs is 1. The second-order valence-electron chi connectivity index (χ2n) is 7.31. The smallest absolute Gasteiger partial charge is 0.255 e. The standard InChI is InChI=1S/C22H23BrN6O2/c1-4-11-31-18-10-9-15(23)12-16(18)20-19(14(3)24-22-26-27-28-29(20)22)21(30)25-17-8-6-5-7-13(17)2/h5-10,12,20H,4,11H2,1-3H3,(H,25,30)(H,24,26,28). The zero-order valence-corrected chi connectivity index (χ0v) is 19.1. The maximum absolute atomic E-state index is 13.5. The van der Waals surface area contributed by atoms with Gasteiger partial charge in [-0.25, -0.2) is 0 Å². The third-order valence-corrected chi connectivity index (χ3v) is 5.57. The van der Waals surface area contributed by atoms with Crippen molar-refractivity contribution in [3.05, 3.63) is 69.3 Å². The summed E-state index contributed by atoms with van der Waals surface area (Å²) in [4.78, 5) is 13.5. The Hall–Kier alpha value is -3.20. The summed E-state index contributed by atoms with van der Waals surface area (Å²) in [7, 11) is 0. The summed E-state index contributed by atoms with van der Waals surface area (Å²) in [5.74, 6) is 0.926. The van der Waals surface area contributed by atoms with Gasteiger partial charge in [0.2, 0.25) is 5.95 Å². The number of ether oxygens (including phenoxy) is 1. The highest BCUT2D eigenvalue weighted by Crippen LogP contribution is 2.40. The van der Waals surface area contributed by atoms with Gasteiger partial charge in [-0.1, -0.05) is 46.2 Å². The number of hydrogen-bond donors (Lipinski definition) is 2. The Morgan fingerprint density at radius 1 is 1.26 bits per heavy atom. The molecule has 2 N–H and O–H groups in total. The van der Waals surface area contributed by atoms with Crippen molar-refractivity contribution in [1.82, 2.24) is 20.2 Å². The lowest BCUT2D eigenvalue weighted by Gasteiger charge is -2.29. The Morgan fingerprint density at radius 2 is 2.06 bits per heavy atom. The number of carbonyl (C=O) groups excluding carboxylic acids is 1. The molecule has 1 atom stereocenters. The Morgan fingerprint density at radius 3 is 2.84 bits per heavy atom. The van der Waals surface area contributed by atoms with Crippen molar-refractivity contribution in [2.75, 3.05) is 17.2 Å². The van der Waals surface area contributed by atoms with Crippen LogP contribution in [0.15, 0.2) is 58.2 Å². The van der Waals surface area contributed by atoms with E-state index in [1.54, 1.807) is 4.68 Å². The molecule has 8 nitrogen and oxygen atoms in total. The second-order valence-corrected chi connectivity index (χ2v) is 8.23. The molecular formula is C22H23BrN6O2. The van der Waals surface area contributed by atoms with Gasteiger partial charge in [-0.15, -0.1) is 0 Å². The summed E-state index contributed by atoms with van der Waals surface area (Å²) in [5.41, 5.74) is 3.73. The van der Waals surface area contributed by atoms with Gasteiger partial charge < -0.3 is 15.4 Å². The van der Waals surface area contributed by atoms with Crippen LogP contribution in [0.3, 0.4) is 0 Å². The third-order valence-electron chi connectivity index (χ3n) is 5.08. The maximum Gasteiger partial charge on any atom is 0.255 e. The first kappa shape index (κ1) is 21.0. The normalized spacial score (nSPS) is 15.3. The molecule has 0 radical (unpaired) electrons. The van der Waals surface area contributed by atoms with Crippen molar-refractivity contribution in [2.45, 2.75) is 33.2 Å². The summed E-state index contributed by atoms with van der Waals surface area (Å²) in [6, 6.07) is 12.9. The molecular weight excluding hydrogens is 460 g/mol. The van der Waals surface area contributed by atoms with E-state index in [9.17, 15) is 4.79 Å². The minimum atomic E-state index is -0.556. The molecule has 2 aromatic carbocycles. The van der Waals surface area contributed by atoms with Gasteiger partial charge in [0.05, 0.1) is 12.2 Å². The molecule has 160 valence electrons. The highest BCUT2D eigenvalue weighted by atomic mass is 79.9. The lowest BCUT2D eigenvalue weighted by Crippen LogP contribution is -2.32. The summed E-state index contributed by atoms with van der Waals surface area (Å²) in [5, 5.41) is 18.2. The summed E-state index contributed by atoms with van der Waals surface area (Å²) >= 11 is 3.55. The van der Waals surface area contributed by atoms with Crippen molar-refractivity contribution < 1.29 is 9.53 Å². The van der Waals surface area contributed by atoms with Crippen LogP contribution in [-0.2, 0) is 4.79 Å². The monoisotopic (exact) mass is 482 g/mol. The predicted molar refractivity (Wildman–Crippen MR) is 122 cm³/mol. The van der Waals surface area contributed by atoms with Crippen molar-refractivity contribution in [3.8, 4) is 5.75 Å². The van der Waals surface area contributed by atoms with Gasteiger partial charge >= 0.3 is 0 Å². The number of benzene rings is 2. The first-order valence-electron chi connectivity index (χ1n) is 10.0. The number of carbonyl (C=O) groups is 1. The van der Waals surface area contributed by atoms with Crippen molar-refractivity contribution >= 4 is 33.5 Å². The average Bonchev–Trinajstić information content (AvgIpc) is 3.21. The van der Waals surface area contributed by atoms with Gasteiger partial charge in [0.25, 0.3) is 5.91 Å². The molecule has 31 heavy (non-hydrogen) atoms. The van der Waals surface area contributed by atoms with Crippen molar-refractivity contribution in [1.29, 1.82) is 0 Å². The molecule has 1 amide bonds. The van der Waals surface area contributed by atoms with Gasteiger partial charge in [-0.2, -0.15) is 4.68 Å². The van der Waals surface area contributed by atoms with Crippen LogP contribution in [0.1, 0.15) is 37.4 Å². The number of aromatic nitrogens is 4. The summed E-state index contributed by atoms with van der Waals surface area (Å²) < 4.78 is 8.49. The highest BCUT2D eigenvalue weighted by molar-refractivity contribution is 9.10. The number of allylic oxidation sites excluding steroid dienone is 1. The van der Waals surface area contributed by atoms with E-state index >= 15 is 0 Å². The molecule has 0 saturated heterocycles. The van der Waals surface area contributed by atoms with E-state index in [4.69, 9.17) is 4.74 Å². The summed E-state index contributed by atoms with van der Waals surface area (Å²) in [6.45, 7) is 6.42. The molecule has 3 aromatic rings. The van der Waals surface area contributed by atoms with E-state index < -0.39 is 6.04 Å². The number of amides is 1. The van der Waals surface area contributed by atoms with E-state index in [1.165, 1.54) is 0 Å². The van der Waals surface area contributed by atoms with Crippen LogP contribution in [0.2, 0.25) is 0 Å². The predicted octanol–water partition coefficient (Wildman–Crippen LogP) is 4.46. The molecule has 0 spiro atoms. The Balaban J connectivity index is 1.82. The molecule has 4 rings (SSSR count). The second kappa shape index (κ2) is 8.89. The van der Waals surface area contributed by atoms with Gasteiger partial charge in [-0.05, 0) is 60.5 Å². The van der Waals surface area contributed by atoms with E-state index in [1.807, 2.05) is 63.2 Å². The molecule has 1 aliphatic heterocycles. The van der Waals surface area contributed by atoms with Gasteiger partial charge in [0.15, 0.2) is 0 Å². The minimum Gasteiger partial charge on any atom is -0.493 e. The van der Waals surface area contributed by atoms with E-state index in [0.717, 1.165) is 27.7 Å². The topological polar surface area (TPSA) is 94.0 Å². The van der Waals surface area contributed by atoms with Gasteiger partial charge in [0.1, 0.15) is 11.8 Å². The van der Waals surface area contributed by atoms with E-state index in [2.05, 4.69) is 42.1 Å². The Kier molecular flexibility index (Phi) is 6.03. The lowest BCUT2D eigenvalue weighted by molar-refractivity contribution is -0.113. The van der Waals surface area contributed by atoms with Crippen LogP contribution in [0, 0.1) is 6.92 Å². The molecule has 9 heteroatoms. The van der Waals surface area contributed by atoms with Crippen LogP contribution >= 0.6 is 15.9 Å². The molecule has 1 aliphatic rings. The molecule has 1 aromatic heterocycles. The number of nitrogens with one attached hydrogen (secondary N) is 2. The fraction of sp³-hybridized carbons (Fsp3) is 0.273. The molecule has 0 bridgehead atoms. The number of para-hydroxylation sites is 1. The van der Waals surface area contributed by atoms with Crippen molar-refractivity contribution in [3.63, 3.8) is 0 Å². The number of tetrazole rings is 1. The summed E-state index contributed by atoms with van der Waals surface area (Å²) in [6.07, 6.45) is 0.868. The molecule has 0 saturated carbocycles. The molecule has 0 fully saturated rings. The lowest BCUT2D eigenvalue weighted by atomic mass is 9.94. The van der Waals surface area contributed by atoms with Gasteiger partial charge in [0, 0.05) is 21.4 Å². The van der Waals surface area contributed by atoms with Crippen LogP contribution in [0.25, 0.3) is 0 Å². The van der Waals surface area contributed by atoms with Crippen LogP contribution in [0.4, 0.5) is 11.6 Å². The first-order chi connectivity index (χ1) is 15.0. The number of hydrogen-bond acceptors (Lipinski definition) is 6. The molecule has 1 unspecified atom stereocenters. The van der Waals surface area contributed by atoms with Crippen LogP contribution in [0.5, 0.6) is 5.75 Å². The zero-order valence-electron chi connectivity index (χ0n) is 17.5. The van der Waals surface area contributed by atoms with Gasteiger partial charge in [-0.3, -0.25) is 4.79 Å². The average molecular weight is 483 g/mol. The Labute approximate surface area is 188 Å². The SMILES string of the molecule is CCCOc1ccc(Br)cc1C1C(C(=O)Nc2ccccc2C)=C(C)Nc2nnnn21. The highest BCUT2D eigenvalue weighted by Gasteiger charge is 2.36. The number of halogens is 1. The van der Waals surface area contributed by atoms with Crippen LogP contribution < -0.4 is 15.4 Å². The number of anilines is 2. The fourth-order valence-electron chi connectivity index (χ4n) is 3.57. The first-order valence-corrected chi connectivity index (χ1v) is 10.8. The number of aryl methyl sites for hydroxylation is 1. The fourth-order valence-corrected chi connectivity index (χ4v) is 3.95. The number of nitrogens with zero attached hydrogens (tertiary/aromatic N) is 4. The quantitative estimate of drug-likeness (QED) is 0.538. The number of rotatable bonds is 6. The Bertz CT molecular complexity index is 1160. The van der Waals surface area contributed by atoms with Crippen LogP contribution in [-0.4, -0.2) is 32.7 Å².